The van der Waals surface area contributed by atoms with Gasteiger partial charge in [0.2, 0.25) is 0 Å². The number of nitrogens with zero attached hydrogens (tertiary/aromatic N) is 1. The first-order chi connectivity index (χ1) is 6.26. The molecule has 68 valence electrons. The van der Waals surface area contributed by atoms with Crippen LogP contribution < -0.4 is 4.74 Å². The Morgan fingerprint density at radius 3 is 2.46 bits per heavy atom. The standard InChI is InChI=1S/C8H8N2O3/c1-6(13-11)12-8-4-2-7(10-9)3-5-8/h2-5,9,11H,1H2. The molecule has 0 amide bonds. The van der Waals surface area contributed by atoms with Gasteiger partial charge in [0.25, 0.3) is 0 Å². The Kier molecular flexibility index (Phi) is 2.99. The van der Waals surface area contributed by atoms with Crippen molar-refractivity contribution in [1.82, 2.24) is 0 Å². The van der Waals surface area contributed by atoms with Crippen molar-refractivity contribution in [3.8, 4) is 5.75 Å². The van der Waals surface area contributed by atoms with Gasteiger partial charge in [0, 0.05) is 0 Å². The molecule has 0 fully saturated rings. The highest BCUT2D eigenvalue weighted by atomic mass is 17.1. The first kappa shape index (κ1) is 9.21. The van der Waals surface area contributed by atoms with Gasteiger partial charge < -0.3 is 9.62 Å². The highest BCUT2D eigenvalue weighted by Crippen LogP contribution is 2.18. The summed E-state index contributed by atoms with van der Waals surface area (Å²) in [5.41, 5.74) is 7.21. The summed E-state index contributed by atoms with van der Waals surface area (Å²) in [4.78, 5) is 3.73. The fraction of sp³-hybridized carbons (Fsp3) is 0. The Labute approximate surface area is 74.7 Å². The van der Waals surface area contributed by atoms with Gasteiger partial charge in [-0.05, 0) is 30.8 Å². The third-order valence-corrected chi connectivity index (χ3v) is 1.30. The largest absolute Gasteiger partial charge is 0.425 e. The molecule has 0 heterocycles. The maximum absolute atomic E-state index is 8.12. The van der Waals surface area contributed by atoms with Crippen LogP contribution in [0.2, 0.25) is 0 Å². The summed E-state index contributed by atoms with van der Waals surface area (Å²) in [5.74, 6) is 0.238. The van der Waals surface area contributed by atoms with E-state index >= 15 is 0 Å². The van der Waals surface area contributed by atoms with E-state index in [0.29, 0.717) is 11.4 Å². The van der Waals surface area contributed by atoms with Crippen LogP contribution in [0.1, 0.15) is 0 Å². The smallest absolute Gasteiger partial charge is 0.314 e. The van der Waals surface area contributed by atoms with Crippen molar-refractivity contribution in [2.45, 2.75) is 0 Å². The number of rotatable bonds is 4. The predicted molar refractivity (Wildman–Crippen MR) is 44.7 cm³/mol. The molecular formula is C8H8N2O3. The Bertz CT molecular complexity index is 308. The van der Waals surface area contributed by atoms with Crippen molar-refractivity contribution < 1.29 is 14.9 Å². The van der Waals surface area contributed by atoms with E-state index < -0.39 is 0 Å². The van der Waals surface area contributed by atoms with Gasteiger partial charge in [0.1, 0.15) is 5.75 Å². The summed E-state index contributed by atoms with van der Waals surface area (Å²) in [6, 6.07) is 6.34. The van der Waals surface area contributed by atoms with Crippen LogP contribution in [-0.4, -0.2) is 5.26 Å². The minimum absolute atomic E-state index is 0.212. The molecule has 1 aromatic carbocycles. The van der Waals surface area contributed by atoms with E-state index in [-0.39, 0.29) is 5.95 Å². The lowest BCUT2D eigenvalue weighted by atomic mass is 10.3. The van der Waals surface area contributed by atoms with Gasteiger partial charge in [-0.1, -0.05) is 0 Å². The SMILES string of the molecule is C=C(OO)Oc1ccc(N=N)cc1. The van der Waals surface area contributed by atoms with Crippen LogP contribution >= 0.6 is 0 Å². The Morgan fingerprint density at radius 2 is 2.00 bits per heavy atom. The van der Waals surface area contributed by atoms with Crippen molar-refractivity contribution in [2.75, 3.05) is 0 Å². The van der Waals surface area contributed by atoms with Gasteiger partial charge >= 0.3 is 5.95 Å². The molecule has 2 N–H and O–H groups in total. The van der Waals surface area contributed by atoms with E-state index in [0.717, 1.165) is 0 Å². The quantitative estimate of drug-likeness (QED) is 0.323. The van der Waals surface area contributed by atoms with Crippen molar-refractivity contribution in [3.05, 3.63) is 36.8 Å². The fourth-order valence-electron chi connectivity index (χ4n) is 0.739. The van der Waals surface area contributed by atoms with E-state index in [1.807, 2.05) is 0 Å². The molecule has 0 spiro atoms. The molecule has 0 radical (unpaired) electrons. The highest BCUT2D eigenvalue weighted by molar-refractivity contribution is 5.40. The zero-order valence-corrected chi connectivity index (χ0v) is 6.73. The molecule has 1 rings (SSSR count). The topological polar surface area (TPSA) is 74.9 Å². The molecule has 0 aromatic heterocycles. The van der Waals surface area contributed by atoms with Gasteiger partial charge in [-0.15, -0.1) is 0 Å². The average molecular weight is 180 g/mol. The second kappa shape index (κ2) is 4.22. The van der Waals surface area contributed by atoms with Gasteiger partial charge in [-0.3, -0.25) is 0 Å². The first-order valence-electron chi connectivity index (χ1n) is 3.42. The number of ether oxygens (including phenoxy) is 1. The number of hydrogen-bond donors (Lipinski definition) is 2. The summed E-state index contributed by atoms with van der Waals surface area (Å²) in [5, 5.41) is 11.3. The minimum atomic E-state index is -0.212. The lowest BCUT2D eigenvalue weighted by molar-refractivity contribution is -0.230. The Hall–Kier alpha value is -1.88. The van der Waals surface area contributed by atoms with Crippen molar-refractivity contribution in [2.24, 2.45) is 5.11 Å². The maximum Gasteiger partial charge on any atom is 0.314 e. The molecule has 0 unspecified atom stereocenters. The van der Waals surface area contributed by atoms with E-state index in [4.69, 9.17) is 15.5 Å². The van der Waals surface area contributed by atoms with E-state index in [1.165, 1.54) is 0 Å². The van der Waals surface area contributed by atoms with Crippen LogP contribution in [0.3, 0.4) is 0 Å². The molecule has 5 heteroatoms. The van der Waals surface area contributed by atoms with E-state index in [2.05, 4.69) is 16.6 Å². The van der Waals surface area contributed by atoms with Crippen LogP contribution in [-0.2, 0) is 4.89 Å². The number of nitrogens with one attached hydrogen (secondary N) is 1. The molecule has 0 saturated heterocycles. The minimum Gasteiger partial charge on any atom is -0.425 e. The third kappa shape index (κ3) is 2.57. The predicted octanol–water partition coefficient (Wildman–Crippen LogP) is 2.69. The van der Waals surface area contributed by atoms with Gasteiger partial charge in [0.05, 0.1) is 5.69 Å². The first-order valence-corrected chi connectivity index (χ1v) is 3.42. The van der Waals surface area contributed by atoms with E-state index in [9.17, 15) is 0 Å². The Morgan fingerprint density at radius 1 is 1.38 bits per heavy atom. The van der Waals surface area contributed by atoms with Crippen molar-refractivity contribution in [3.63, 3.8) is 0 Å². The molecule has 0 atom stereocenters. The summed E-state index contributed by atoms with van der Waals surface area (Å²) in [6.07, 6.45) is 0. The molecule has 0 aliphatic heterocycles. The molecule has 1 aromatic rings. The molecule has 0 bridgehead atoms. The van der Waals surface area contributed by atoms with E-state index in [1.54, 1.807) is 24.3 Å². The Balaban J connectivity index is 2.69. The average Bonchev–Trinajstić information content (AvgIpc) is 2.19. The molecule has 5 nitrogen and oxygen atoms in total. The van der Waals surface area contributed by atoms with Gasteiger partial charge in [-0.2, -0.15) is 10.4 Å². The summed E-state index contributed by atoms with van der Waals surface area (Å²) < 4.78 is 4.89. The molecule has 0 aliphatic carbocycles. The molecular weight excluding hydrogens is 172 g/mol. The van der Waals surface area contributed by atoms with Crippen LogP contribution in [0.25, 0.3) is 0 Å². The molecule has 13 heavy (non-hydrogen) atoms. The second-order valence-electron chi connectivity index (χ2n) is 2.17. The van der Waals surface area contributed by atoms with Crippen LogP contribution in [0.5, 0.6) is 5.75 Å². The summed E-state index contributed by atoms with van der Waals surface area (Å²) in [7, 11) is 0. The summed E-state index contributed by atoms with van der Waals surface area (Å²) in [6.45, 7) is 3.26. The normalized spacial score (nSPS) is 9.00. The monoisotopic (exact) mass is 180 g/mol. The van der Waals surface area contributed by atoms with Gasteiger partial charge in [-0.25, -0.2) is 5.53 Å². The lowest BCUT2D eigenvalue weighted by Crippen LogP contribution is -1.94. The van der Waals surface area contributed by atoms with Crippen molar-refractivity contribution >= 4 is 5.69 Å². The fourth-order valence-corrected chi connectivity index (χ4v) is 0.739. The second-order valence-corrected chi connectivity index (χ2v) is 2.17. The molecule has 0 aliphatic rings. The zero-order valence-electron chi connectivity index (χ0n) is 6.73. The number of hydrogen-bond acceptors (Lipinski definition) is 5. The highest BCUT2D eigenvalue weighted by Gasteiger charge is 1.97. The number of benzene rings is 1. The summed E-state index contributed by atoms with van der Waals surface area (Å²) >= 11 is 0. The van der Waals surface area contributed by atoms with Crippen LogP contribution in [0, 0.1) is 5.53 Å². The lowest BCUT2D eigenvalue weighted by Gasteiger charge is -2.03. The van der Waals surface area contributed by atoms with Crippen LogP contribution in [0.15, 0.2) is 41.9 Å². The zero-order chi connectivity index (χ0) is 9.68. The maximum atomic E-state index is 8.12. The third-order valence-electron chi connectivity index (χ3n) is 1.30. The van der Waals surface area contributed by atoms with Crippen LogP contribution in [0.4, 0.5) is 5.69 Å². The van der Waals surface area contributed by atoms with Crippen molar-refractivity contribution in [1.29, 1.82) is 5.53 Å². The van der Waals surface area contributed by atoms with Gasteiger partial charge in [0.15, 0.2) is 0 Å². The molecule has 0 saturated carbocycles.